The normalized spacial score (nSPS) is 10.9. The molecule has 1 aromatic carbocycles. The molecule has 0 aliphatic rings. The van der Waals surface area contributed by atoms with Crippen LogP contribution in [0.3, 0.4) is 0 Å². The number of rotatable bonds is 5. The van der Waals surface area contributed by atoms with Gasteiger partial charge in [-0.2, -0.15) is 0 Å². The summed E-state index contributed by atoms with van der Waals surface area (Å²) in [7, 11) is 0. The molecule has 3 heteroatoms. The molecule has 1 rings (SSSR count). The standard InChI is InChI=1S/C13H21ClN2/c1-4-16(10(2)3)13-9-12(14)6-5-11(13)7-8-15/h5-6,9-10H,4,7-8,15H2,1-3H3. The van der Waals surface area contributed by atoms with E-state index in [0.29, 0.717) is 12.6 Å². The zero-order chi connectivity index (χ0) is 12.1. The molecule has 0 unspecified atom stereocenters. The molecule has 0 aliphatic heterocycles. The van der Waals surface area contributed by atoms with E-state index in [-0.39, 0.29) is 0 Å². The second kappa shape index (κ2) is 6.12. The molecular formula is C13H21ClN2. The first-order valence-electron chi connectivity index (χ1n) is 5.85. The van der Waals surface area contributed by atoms with E-state index in [1.165, 1.54) is 11.3 Å². The second-order valence-electron chi connectivity index (χ2n) is 4.19. The quantitative estimate of drug-likeness (QED) is 0.857. The highest BCUT2D eigenvalue weighted by atomic mass is 35.5. The van der Waals surface area contributed by atoms with Crippen LogP contribution in [0, 0.1) is 0 Å². The molecule has 0 radical (unpaired) electrons. The Morgan fingerprint density at radius 2 is 2.06 bits per heavy atom. The maximum atomic E-state index is 6.06. The molecule has 2 N–H and O–H groups in total. The molecule has 0 aliphatic carbocycles. The van der Waals surface area contributed by atoms with Crippen molar-refractivity contribution in [3.63, 3.8) is 0 Å². The molecule has 0 saturated heterocycles. The van der Waals surface area contributed by atoms with Crippen molar-refractivity contribution in [2.24, 2.45) is 5.73 Å². The summed E-state index contributed by atoms with van der Waals surface area (Å²) in [5.41, 5.74) is 8.13. The van der Waals surface area contributed by atoms with Crippen molar-refractivity contribution < 1.29 is 0 Å². The number of benzene rings is 1. The average molecular weight is 241 g/mol. The Labute approximate surface area is 103 Å². The van der Waals surface area contributed by atoms with E-state index in [2.05, 4.69) is 31.7 Å². The fraction of sp³-hybridized carbons (Fsp3) is 0.538. The van der Waals surface area contributed by atoms with Crippen LogP contribution in [0.25, 0.3) is 0 Å². The summed E-state index contributed by atoms with van der Waals surface area (Å²) in [6, 6.07) is 6.52. The lowest BCUT2D eigenvalue weighted by atomic mass is 10.1. The smallest absolute Gasteiger partial charge is 0.0426 e. The fourth-order valence-electron chi connectivity index (χ4n) is 1.98. The Hall–Kier alpha value is -0.730. The molecule has 16 heavy (non-hydrogen) atoms. The highest BCUT2D eigenvalue weighted by Crippen LogP contribution is 2.26. The molecule has 0 atom stereocenters. The molecule has 0 amide bonds. The number of hydrogen-bond acceptors (Lipinski definition) is 2. The van der Waals surface area contributed by atoms with Crippen LogP contribution < -0.4 is 10.6 Å². The van der Waals surface area contributed by atoms with E-state index in [1.807, 2.05) is 12.1 Å². The first kappa shape index (κ1) is 13.3. The van der Waals surface area contributed by atoms with Crippen molar-refractivity contribution in [1.82, 2.24) is 0 Å². The van der Waals surface area contributed by atoms with E-state index < -0.39 is 0 Å². The summed E-state index contributed by atoms with van der Waals surface area (Å²) >= 11 is 6.06. The summed E-state index contributed by atoms with van der Waals surface area (Å²) in [5.74, 6) is 0. The van der Waals surface area contributed by atoms with Gasteiger partial charge in [-0.15, -0.1) is 0 Å². The van der Waals surface area contributed by atoms with Gasteiger partial charge in [-0.05, 0) is 51.4 Å². The van der Waals surface area contributed by atoms with Gasteiger partial charge in [0.1, 0.15) is 0 Å². The van der Waals surface area contributed by atoms with Crippen LogP contribution >= 0.6 is 11.6 Å². The molecule has 0 heterocycles. The highest BCUT2D eigenvalue weighted by molar-refractivity contribution is 6.30. The summed E-state index contributed by atoms with van der Waals surface area (Å²) in [6.07, 6.45) is 0.899. The Morgan fingerprint density at radius 3 is 2.56 bits per heavy atom. The van der Waals surface area contributed by atoms with Crippen molar-refractivity contribution in [2.75, 3.05) is 18.0 Å². The minimum absolute atomic E-state index is 0.472. The topological polar surface area (TPSA) is 29.3 Å². The minimum atomic E-state index is 0.472. The molecule has 0 spiro atoms. The van der Waals surface area contributed by atoms with E-state index in [0.717, 1.165) is 18.0 Å². The van der Waals surface area contributed by atoms with Crippen LogP contribution in [-0.2, 0) is 6.42 Å². The Balaban J connectivity index is 3.11. The molecule has 1 aromatic rings. The van der Waals surface area contributed by atoms with Gasteiger partial charge < -0.3 is 10.6 Å². The van der Waals surface area contributed by atoms with Crippen LogP contribution in [0.1, 0.15) is 26.3 Å². The van der Waals surface area contributed by atoms with Crippen molar-refractivity contribution in [3.05, 3.63) is 28.8 Å². The van der Waals surface area contributed by atoms with Gasteiger partial charge in [0.25, 0.3) is 0 Å². The van der Waals surface area contributed by atoms with Gasteiger partial charge in [0.2, 0.25) is 0 Å². The van der Waals surface area contributed by atoms with Gasteiger partial charge in [-0.1, -0.05) is 17.7 Å². The van der Waals surface area contributed by atoms with Gasteiger partial charge in [0, 0.05) is 23.3 Å². The fourth-order valence-corrected chi connectivity index (χ4v) is 2.15. The third-order valence-corrected chi connectivity index (χ3v) is 2.97. The molecule has 0 fully saturated rings. The number of nitrogens with zero attached hydrogens (tertiary/aromatic N) is 1. The molecule has 0 saturated carbocycles. The Bertz CT molecular complexity index is 337. The van der Waals surface area contributed by atoms with Gasteiger partial charge in [-0.3, -0.25) is 0 Å². The SMILES string of the molecule is CCN(c1cc(Cl)ccc1CCN)C(C)C. The number of hydrogen-bond donors (Lipinski definition) is 1. The maximum absolute atomic E-state index is 6.06. The zero-order valence-electron chi connectivity index (χ0n) is 10.3. The Morgan fingerprint density at radius 1 is 1.38 bits per heavy atom. The van der Waals surface area contributed by atoms with Gasteiger partial charge in [-0.25, -0.2) is 0 Å². The number of anilines is 1. The third-order valence-electron chi connectivity index (χ3n) is 2.73. The predicted molar refractivity (Wildman–Crippen MR) is 72.4 cm³/mol. The van der Waals surface area contributed by atoms with Crippen molar-refractivity contribution >= 4 is 17.3 Å². The molecular weight excluding hydrogens is 220 g/mol. The number of halogens is 1. The van der Waals surface area contributed by atoms with E-state index >= 15 is 0 Å². The van der Waals surface area contributed by atoms with Crippen LogP contribution in [0.4, 0.5) is 5.69 Å². The maximum Gasteiger partial charge on any atom is 0.0426 e. The monoisotopic (exact) mass is 240 g/mol. The number of nitrogens with two attached hydrogens (primary N) is 1. The largest absolute Gasteiger partial charge is 0.369 e. The van der Waals surface area contributed by atoms with Crippen LogP contribution in [0.5, 0.6) is 0 Å². The van der Waals surface area contributed by atoms with E-state index in [9.17, 15) is 0 Å². The third kappa shape index (κ3) is 3.13. The summed E-state index contributed by atoms with van der Waals surface area (Å²) in [6.45, 7) is 8.19. The van der Waals surface area contributed by atoms with Gasteiger partial charge >= 0.3 is 0 Å². The van der Waals surface area contributed by atoms with Crippen LogP contribution in [0.15, 0.2) is 18.2 Å². The van der Waals surface area contributed by atoms with Crippen molar-refractivity contribution in [1.29, 1.82) is 0 Å². The predicted octanol–water partition coefficient (Wildman–Crippen LogP) is 3.08. The lowest BCUT2D eigenvalue weighted by Crippen LogP contribution is -2.31. The lowest BCUT2D eigenvalue weighted by molar-refractivity contribution is 0.699. The first-order valence-corrected chi connectivity index (χ1v) is 6.23. The highest BCUT2D eigenvalue weighted by Gasteiger charge is 2.12. The Kier molecular flexibility index (Phi) is 5.10. The van der Waals surface area contributed by atoms with Gasteiger partial charge in [0.15, 0.2) is 0 Å². The average Bonchev–Trinajstić information content (AvgIpc) is 2.22. The summed E-state index contributed by atoms with van der Waals surface area (Å²) in [4.78, 5) is 2.34. The molecule has 2 nitrogen and oxygen atoms in total. The molecule has 0 bridgehead atoms. The minimum Gasteiger partial charge on any atom is -0.369 e. The molecule has 90 valence electrons. The second-order valence-corrected chi connectivity index (χ2v) is 4.63. The molecule has 0 aromatic heterocycles. The van der Waals surface area contributed by atoms with Crippen LogP contribution in [-0.4, -0.2) is 19.1 Å². The van der Waals surface area contributed by atoms with Crippen LogP contribution in [0.2, 0.25) is 5.02 Å². The van der Waals surface area contributed by atoms with Crippen molar-refractivity contribution in [3.8, 4) is 0 Å². The summed E-state index contributed by atoms with van der Waals surface area (Å²) in [5, 5.41) is 0.787. The zero-order valence-corrected chi connectivity index (χ0v) is 11.1. The lowest BCUT2D eigenvalue weighted by Gasteiger charge is -2.30. The van der Waals surface area contributed by atoms with Crippen molar-refractivity contribution in [2.45, 2.75) is 33.2 Å². The first-order chi connectivity index (χ1) is 7.60. The van der Waals surface area contributed by atoms with E-state index in [4.69, 9.17) is 17.3 Å². The summed E-state index contributed by atoms with van der Waals surface area (Å²) < 4.78 is 0. The van der Waals surface area contributed by atoms with E-state index in [1.54, 1.807) is 0 Å². The van der Waals surface area contributed by atoms with Gasteiger partial charge in [0.05, 0.1) is 0 Å².